The fourth-order valence-electron chi connectivity index (χ4n) is 3.34. The third-order valence-corrected chi connectivity index (χ3v) is 5.21. The van der Waals surface area contributed by atoms with Gasteiger partial charge >= 0.3 is 0 Å². The third kappa shape index (κ3) is 3.29. The summed E-state index contributed by atoms with van der Waals surface area (Å²) in [5.41, 5.74) is 4.37. The van der Waals surface area contributed by atoms with E-state index in [2.05, 4.69) is 41.2 Å². The van der Waals surface area contributed by atoms with Gasteiger partial charge in [-0.3, -0.25) is 4.79 Å². The molecule has 1 saturated carbocycles. The summed E-state index contributed by atoms with van der Waals surface area (Å²) in [5.74, 6) is 1.49. The van der Waals surface area contributed by atoms with Crippen LogP contribution in [0.15, 0.2) is 48.5 Å². The van der Waals surface area contributed by atoms with Gasteiger partial charge < -0.3 is 9.88 Å². The molecule has 1 heterocycles. The molecule has 0 bridgehead atoms. The Labute approximate surface area is 147 Å². The standard InChI is InChI=1S/C21H23N3O/c1-24-19-8-3-2-7-18(19)23-20(24)14-11-15-9-12-17(13-10-15)22-21(25)16-5-4-6-16/h2-3,7-10,12-13,16H,4-6,11,14H2,1H3,(H,22,25). The minimum Gasteiger partial charge on any atom is -0.331 e. The van der Waals surface area contributed by atoms with Crippen LogP contribution in [0, 0.1) is 5.92 Å². The number of anilines is 1. The molecule has 1 aromatic heterocycles. The van der Waals surface area contributed by atoms with E-state index in [0.717, 1.165) is 42.7 Å². The number of benzene rings is 2. The Morgan fingerprint density at radius 2 is 1.88 bits per heavy atom. The van der Waals surface area contributed by atoms with Crippen molar-refractivity contribution in [3.8, 4) is 0 Å². The molecule has 3 aromatic rings. The Kier molecular flexibility index (Phi) is 4.26. The SMILES string of the molecule is Cn1c(CCc2ccc(NC(=O)C3CCC3)cc2)nc2ccccc21. The minimum atomic E-state index is 0.165. The van der Waals surface area contributed by atoms with Gasteiger partial charge in [-0.1, -0.05) is 30.7 Å². The van der Waals surface area contributed by atoms with Crippen molar-refractivity contribution < 1.29 is 4.79 Å². The minimum absolute atomic E-state index is 0.165. The molecular formula is C21H23N3O. The normalized spacial score (nSPS) is 14.4. The molecule has 0 unspecified atom stereocenters. The lowest BCUT2D eigenvalue weighted by atomic mass is 9.85. The highest BCUT2D eigenvalue weighted by molar-refractivity contribution is 5.93. The number of nitrogens with one attached hydrogen (secondary N) is 1. The summed E-state index contributed by atoms with van der Waals surface area (Å²) in [5, 5.41) is 3.02. The molecular weight excluding hydrogens is 310 g/mol. The zero-order valence-electron chi connectivity index (χ0n) is 14.5. The Morgan fingerprint density at radius 3 is 2.56 bits per heavy atom. The van der Waals surface area contributed by atoms with Gasteiger partial charge in [-0.25, -0.2) is 4.98 Å². The molecule has 128 valence electrons. The molecule has 1 aliphatic carbocycles. The van der Waals surface area contributed by atoms with Crippen LogP contribution in [0.5, 0.6) is 0 Å². The first kappa shape index (κ1) is 15.9. The highest BCUT2D eigenvalue weighted by Gasteiger charge is 2.24. The van der Waals surface area contributed by atoms with Crippen molar-refractivity contribution in [2.45, 2.75) is 32.1 Å². The van der Waals surface area contributed by atoms with Crippen LogP contribution in [0.4, 0.5) is 5.69 Å². The van der Waals surface area contributed by atoms with Crippen molar-refractivity contribution in [3.63, 3.8) is 0 Å². The van der Waals surface area contributed by atoms with E-state index in [9.17, 15) is 4.79 Å². The van der Waals surface area contributed by atoms with Crippen molar-refractivity contribution in [1.29, 1.82) is 0 Å². The zero-order valence-corrected chi connectivity index (χ0v) is 14.5. The second-order valence-electron chi connectivity index (χ2n) is 6.89. The molecule has 1 fully saturated rings. The molecule has 4 nitrogen and oxygen atoms in total. The molecule has 2 aromatic carbocycles. The van der Waals surface area contributed by atoms with E-state index in [4.69, 9.17) is 4.98 Å². The smallest absolute Gasteiger partial charge is 0.227 e. The lowest BCUT2D eigenvalue weighted by molar-refractivity contribution is -0.122. The predicted octanol–water partition coefficient (Wildman–Crippen LogP) is 4.10. The van der Waals surface area contributed by atoms with Gasteiger partial charge in [-0.15, -0.1) is 0 Å². The number of fused-ring (bicyclic) bond motifs is 1. The molecule has 0 atom stereocenters. The average molecular weight is 333 g/mol. The number of hydrogen-bond acceptors (Lipinski definition) is 2. The quantitative estimate of drug-likeness (QED) is 0.764. The van der Waals surface area contributed by atoms with Gasteiger partial charge in [0.05, 0.1) is 11.0 Å². The molecule has 1 aliphatic rings. The number of rotatable bonds is 5. The first-order valence-electron chi connectivity index (χ1n) is 9.01. The van der Waals surface area contributed by atoms with Crippen molar-refractivity contribution in [2.24, 2.45) is 13.0 Å². The summed E-state index contributed by atoms with van der Waals surface area (Å²) in [4.78, 5) is 16.7. The first-order valence-corrected chi connectivity index (χ1v) is 9.01. The number of amides is 1. The zero-order chi connectivity index (χ0) is 17.2. The molecule has 0 spiro atoms. The maximum atomic E-state index is 12.0. The third-order valence-electron chi connectivity index (χ3n) is 5.21. The number of carbonyl (C=O) groups is 1. The van der Waals surface area contributed by atoms with Gasteiger partial charge in [0.2, 0.25) is 5.91 Å². The Balaban J connectivity index is 1.39. The number of hydrogen-bond donors (Lipinski definition) is 1. The van der Waals surface area contributed by atoms with Crippen LogP contribution < -0.4 is 5.32 Å². The van der Waals surface area contributed by atoms with E-state index in [-0.39, 0.29) is 11.8 Å². The monoisotopic (exact) mass is 333 g/mol. The van der Waals surface area contributed by atoms with Gasteiger partial charge in [0.15, 0.2) is 0 Å². The second kappa shape index (κ2) is 6.71. The highest BCUT2D eigenvalue weighted by atomic mass is 16.1. The summed E-state index contributed by atoms with van der Waals surface area (Å²) in [6, 6.07) is 16.4. The van der Waals surface area contributed by atoms with Gasteiger partial charge in [-0.2, -0.15) is 0 Å². The molecule has 0 aliphatic heterocycles. The summed E-state index contributed by atoms with van der Waals surface area (Å²) >= 11 is 0. The van der Waals surface area contributed by atoms with Crippen molar-refractivity contribution >= 4 is 22.6 Å². The van der Waals surface area contributed by atoms with Gasteiger partial charge in [0, 0.05) is 25.1 Å². The lowest BCUT2D eigenvalue weighted by Gasteiger charge is -2.24. The van der Waals surface area contributed by atoms with E-state index in [0.29, 0.717) is 0 Å². The fourth-order valence-corrected chi connectivity index (χ4v) is 3.34. The van der Waals surface area contributed by atoms with Crippen LogP contribution in [0.25, 0.3) is 11.0 Å². The summed E-state index contributed by atoms with van der Waals surface area (Å²) < 4.78 is 2.17. The van der Waals surface area contributed by atoms with Crippen LogP contribution in [-0.2, 0) is 24.7 Å². The molecule has 25 heavy (non-hydrogen) atoms. The molecule has 4 rings (SSSR count). The van der Waals surface area contributed by atoms with Gasteiger partial charge in [0.1, 0.15) is 5.82 Å². The Hall–Kier alpha value is -2.62. The average Bonchev–Trinajstić information content (AvgIpc) is 2.89. The van der Waals surface area contributed by atoms with Crippen molar-refractivity contribution in [1.82, 2.24) is 9.55 Å². The fraction of sp³-hybridized carbons (Fsp3) is 0.333. The van der Waals surface area contributed by atoms with E-state index >= 15 is 0 Å². The van der Waals surface area contributed by atoms with E-state index in [1.165, 1.54) is 17.5 Å². The van der Waals surface area contributed by atoms with E-state index in [1.807, 2.05) is 24.3 Å². The summed E-state index contributed by atoms with van der Waals surface area (Å²) in [6.07, 6.45) is 5.08. The number of carbonyl (C=O) groups excluding carboxylic acids is 1. The number of nitrogens with zero attached hydrogens (tertiary/aromatic N) is 2. The molecule has 0 radical (unpaired) electrons. The number of aromatic nitrogens is 2. The number of imidazole rings is 1. The summed E-state index contributed by atoms with van der Waals surface area (Å²) in [6.45, 7) is 0. The van der Waals surface area contributed by atoms with Crippen LogP contribution in [-0.4, -0.2) is 15.5 Å². The van der Waals surface area contributed by atoms with Crippen LogP contribution in [0.3, 0.4) is 0 Å². The predicted molar refractivity (Wildman–Crippen MR) is 101 cm³/mol. The Morgan fingerprint density at radius 1 is 1.12 bits per heavy atom. The highest BCUT2D eigenvalue weighted by Crippen LogP contribution is 2.27. The Bertz CT molecular complexity index is 891. The van der Waals surface area contributed by atoms with Gasteiger partial charge in [0.25, 0.3) is 0 Å². The van der Waals surface area contributed by atoms with E-state index < -0.39 is 0 Å². The number of aryl methyl sites for hydroxylation is 3. The molecule has 4 heteroatoms. The maximum absolute atomic E-state index is 12.0. The van der Waals surface area contributed by atoms with Crippen molar-refractivity contribution in [3.05, 3.63) is 59.9 Å². The van der Waals surface area contributed by atoms with Gasteiger partial charge in [-0.05, 0) is 49.1 Å². The van der Waals surface area contributed by atoms with Crippen LogP contribution in [0.1, 0.15) is 30.7 Å². The van der Waals surface area contributed by atoms with E-state index in [1.54, 1.807) is 0 Å². The topological polar surface area (TPSA) is 46.9 Å². The lowest BCUT2D eigenvalue weighted by Crippen LogP contribution is -2.27. The number of para-hydroxylation sites is 2. The summed E-state index contributed by atoms with van der Waals surface area (Å²) in [7, 11) is 2.07. The van der Waals surface area contributed by atoms with Crippen LogP contribution in [0.2, 0.25) is 0 Å². The molecule has 1 amide bonds. The van der Waals surface area contributed by atoms with Crippen molar-refractivity contribution in [2.75, 3.05) is 5.32 Å². The second-order valence-corrected chi connectivity index (χ2v) is 6.89. The first-order chi connectivity index (χ1) is 12.2. The maximum Gasteiger partial charge on any atom is 0.227 e. The molecule has 1 N–H and O–H groups in total. The largest absolute Gasteiger partial charge is 0.331 e. The van der Waals surface area contributed by atoms with Crippen LogP contribution >= 0.6 is 0 Å². The molecule has 0 saturated heterocycles.